The molecule has 0 spiro atoms. The minimum Gasteiger partial charge on any atom is -0.385 e. The van der Waals surface area contributed by atoms with E-state index in [0.717, 1.165) is 42.9 Å². The van der Waals surface area contributed by atoms with E-state index in [1.54, 1.807) is 0 Å². The summed E-state index contributed by atoms with van der Waals surface area (Å²) in [7, 11) is 0. The molecule has 4 aliphatic rings. The predicted molar refractivity (Wildman–Crippen MR) is 96.1 cm³/mol. The van der Waals surface area contributed by atoms with Gasteiger partial charge in [0.2, 0.25) is 0 Å². The van der Waals surface area contributed by atoms with Crippen LogP contribution in [0.25, 0.3) is 0 Å². The largest absolute Gasteiger partial charge is 0.385 e. The third-order valence-electron chi connectivity index (χ3n) is 9.11. The average Bonchev–Trinajstić information content (AvgIpc) is 2.83. The summed E-state index contributed by atoms with van der Waals surface area (Å²) in [5, 5.41) is 11.5. The lowest BCUT2D eigenvalue weighted by atomic mass is 9.48. The lowest BCUT2D eigenvalue weighted by Gasteiger charge is -2.58. The Labute approximate surface area is 142 Å². The summed E-state index contributed by atoms with van der Waals surface area (Å²) in [6, 6.07) is 0. The molecule has 0 saturated heterocycles. The molecule has 0 amide bonds. The van der Waals surface area contributed by atoms with Crippen molar-refractivity contribution in [2.45, 2.75) is 90.1 Å². The van der Waals surface area contributed by atoms with Crippen molar-refractivity contribution in [3.05, 3.63) is 12.2 Å². The van der Waals surface area contributed by atoms with Crippen molar-refractivity contribution in [1.29, 1.82) is 0 Å². The standard InChI is InChI=1S/C22H36O/c1-4-21-13-12-18-17-9-7-6-8-16(17)10-11-19(18)20(21)14-15(3)22(21,23)5-2/h16-20,23H,3-14H2,1-2H3/t16?,17-,18-,19-,20+,21+,22-/m1/s1. The third kappa shape index (κ3) is 2.01. The van der Waals surface area contributed by atoms with E-state index in [9.17, 15) is 5.11 Å². The summed E-state index contributed by atoms with van der Waals surface area (Å²) in [6.07, 6.45) is 14.6. The molecule has 7 atom stereocenters. The summed E-state index contributed by atoms with van der Waals surface area (Å²) in [5.41, 5.74) is 0.723. The van der Waals surface area contributed by atoms with Crippen LogP contribution >= 0.6 is 0 Å². The predicted octanol–water partition coefficient (Wildman–Crippen LogP) is 5.73. The number of hydrogen-bond acceptors (Lipinski definition) is 1. The normalized spacial score (nSPS) is 52.7. The molecule has 4 fully saturated rings. The smallest absolute Gasteiger partial charge is 0.0910 e. The van der Waals surface area contributed by atoms with Crippen molar-refractivity contribution in [3.8, 4) is 0 Å². The molecule has 4 rings (SSSR count). The molecule has 0 bridgehead atoms. The van der Waals surface area contributed by atoms with E-state index in [2.05, 4.69) is 20.4 Å². The number of aliphatic hydroxyl groups is 1. The van der Waals surface area contributed by atoms with Crippen LogP contribution in [0.4, 0.5) is 0 Å². The summed E-state index contributed by atoms with van der Waals surface area (Å²) >= 11 is 0. The molecule has 0 aromatic carbocycles. The second-order valence-corrected chi connectivity index (χ2v) is 9.29. The first-order chi connectivity index (χ1) is 11.1. The van der Waals surface area contributed by atoms with Crippen LogP contribution in [0.2, 0.25) is 0 Å². The first-order valence-corrected chi connectivity index (χ1v) is 10.5. The minimum absolute atomic E-state index is 0.140. The molecule has 0 radical (unpaired) electrons. The monoisotopic (exact) mass is 316 g/mol. The van der Waals surface area contributed by atoms with Gasteiger partial charge in [0, 0.05) is 5.41 Å². The summed E-state index contributed by atoms with van der Waals surface area (Å²) in [4.78, 5) is 0. The van der Waals surface area contributed by atoms with E-state index in [4.69, 9.17) is 0 Å². The Hall–Kier alpha value is -0.300. The highest BCUT2D eigenvalue weighted by Crippen LogP contribution is 2.68. The molecular formula is C22H36O. The fourth-order valence-corrected chi connectivity index (χ4v) is 8.02. The van der Waals surface area contributed by atoms with Gasteiger partial charge in [-0.1, -0.05) is 39.7 Å². The summed E-state index contributed by atoms with van der Waals surface area (Å²) < 4.78 is 0. The lowest BCUT2D eigenvalue weighted by Crippen LogP contribution is -2.54. The van der Waals surface area contributed by atoms with Gasteiger partial charge in [-0.2, -0.15) is 0 Å². The van der Waals surface area contributed by atoms with Crippen molar-refractivity contribution in [2.24, 2.45) is 35.0 Å². The Bertz CT molecular complexity index is 482. The zero-order valence-corrected chi connectivity index (χ0v) is 15.3. The van der Waals surface area contributed by atoms with E-state index in [0.29, 0.717) is 5.92 Å². The Morgan fingerprint density at radius 3 is 2.48 bits per heavy atom. The first-order valence-electron chi connectivity index (χ1n) is 10.5. The van der Waals surface area contributed by atoms with Gasteiger partial charge in [0.05, 0.1) is 5.60 Å². The van der Waals surface area contributed by atoms with Crippen LogP contribution in [0.3, 0.4) is 0 Å². The van der Waals surface area contributed by atoms with Crippen molar-refractivity contribution in [1.82, 2.24) is 0 Å². The number of hydrogen-bond donors (Lipinski definition) is 1. The summed E-state index contributed by atoms with van der Waals surface area (Å²) in [6.45, 7) is 8.87. The second-order valence-electron chi connectivity index (χ2n) is 9.29. The number of fused-ring (bicyclic) bond motifs is 5. The van der Waals surface area contributed by atoms with E-state index in [1.807, 2.05) is 0 Å². The van der Waals surface area contributed by atoms with Crippen LogP contribution < -0.4 is 0 Å². The van der Waals surface area contributed by atoms with Gasteiger partial charge in [-0.25, -0.2) is 0 Å². The van der Waals surface area contributed by atoms with Crippen molar-refractivity contribution in [2.75, 3.05) is 0 Å². The molecule has 1 N–H and O–H groups in total. The van der Waals surface area contributed by atoms with Crippen LogP contribution in [0.15, 0.2) is 12.2 Å². The van der Waals surface area contributed by atoms with Crippen LogP contribution in [0, 0.1) is 35.0 Å². The number of rotatable bonds is 2. The average molecular weight is 317 g/mol. The minimum atomic E-state index is -0.583. The third-order valence-corrected chi connectivity index (χ3v) is 9.11. The molecule has 23 heavy (non-hydrogen) atoms. The van der Waals surface area contributed by atoms with Gasteiger partial charge in [0.25, 0.3) is 0 Å². The molecule has 1 unspecified atom stereocenters. The van der Waals surface area contributed by atoms with Crippen molar-refractivity contribution < 1.29 is 5.11 Å². The zero-order chi connectivity index (χ0) is 16.2. The van der Waals surface area contributed by atoms with Crippen LogP contribution in [0.1, 0.15) is 84.5 Å². The van der Waals surface area contributed by atoms with E-state index in [-0.39, 0.29) is 5.41 Å². The molecular weight excluding hydrogens is 280 g/mol. The van der Waals surface area contributed by atoms with E-state index >= 15 is 0 Å². The highest BCUT2D eigenvalue weighted by atomic mass is 16.3. The van der Waals surface area contributed by atoms with Gasteiger partial charge in [-0.15, -0.1) is 0 Å². The second kappa shape index (κ2) is 5.61. The molecule has 4 aliphatic carbocycles. The van der Waals surface area contributed by atoms with Crippen molar-refractivity contribution in [3.63, 3.8) is 0 Å². The van der Waals surface area contributed by atoms with Gasteiger partial charge < -0.3 is 5.11 Å². The lowest BCUT2D eigenvalue weighted by molar-refractivity contribution is -0.133. The Morgan fingerprint density at radius 2 is 1.74 bits per heavy atom. The maximum absolute atomic E-state index is 11.5. The van der Waals surface area contributed by atoms with Crippen LogP contribution in [-0.4, -0.2) is 10.7 Å². The molecule has 130 valence electrons. The van der Waals surface area contributed by atoms with Crippen LogP contribution in [0.5, 0.6) is 0 Å². The highest BCUT2D eigenvalue weighted by molar-refractivity contribution is 5.30. The maximum atomic E-state index is 11.5. The molecule has 0 aromatic heterocycles. The van der Waals surface area contributed by atoms with Crippen LogP contribution in [-0.2, 0) is 0 Å². The Balaban J connectivity index is 1.67. The van der Waals surface area contributed by atoms with Gasteiger partial charge in [0.15, 0.2) is 0 Å². The first kappa shape index (κ1) is 16.2. The van der Waals surface area contributed by atoms with Gasteiger partial charge in [0.1, 0.15) is 0 Å². The maximum Gasteiger partial charge on any atom is 0.0910 e. The summed E-state index contributed by atoms with van der Waals surface area (Å²) in [5.74, 6) is 4.60. The zero-order valence-electron chi connectivity index (χ0n) is 15.3. The Morgan fingerprint density at radius 1 is 0.957 bits per heavy atom. The molecule has 1 heteroatoms. The molecule has 1 nitrogen and oxygen atoms in total. The van der Waals surface area contributed by atoms with E-state index in [1.165, 1.54) is 56.9 Å². The fraction of sp³-hybridized carbons (Fsp3) is 0.909. The highest BCUT2D eigenvalue weighted by Gasteiger charge is 2.64. The molecule has 0 aromatic rings. The van der Waals surface area contributed by atoms with E-state index < -0.39 is 5.60 Å². The Kier molecular flexibility index (Phi) is 3.95. The molecule has 0 heterocycles. The van der Waals surface area contributed by atoms with Gasteiger partial charge in [-0.3, -0.25) is 0 Å². The SMILES string of the molecule is C=C1C[C@H]2[C@@H]3CCC4CCCC[C@H]4[C@H]3CC[C@]2(CC)[C@@]1(O)CC. The topological polar surface area (TPSA) is 20.2 Å². The van der Waals surface area contributed by atoms with Gasteiger partial charge in [-0.05, 0) is 86.5 Å². The fourth-order valence-electron chi connectivity index (χ4n) is 8.02. The molecule has 4 saturated carbocycles. The quantitative estimate of drug-likeness (QED) is 0.645. The van der Waals surface area contributed by atoms with Gasteiger partial charge >= 0.3 is 0 Å². The van der Waals surface area contributed by atoms with Crippen molar-refractivity contribution >= 4 is 0 Å². The molecule has 0 aliphatic heterocycles.